The van der Waals surface area contributed by atoms with E-state index in [0.717, 1.165) is 51.0 Å². The predicted octanol–water partition coefficient (Wildman–Crippen LogP) is 7.08. The number of para-hydroxylation sites is 1. The smallest absolute Gasteiger partial charge is 0.471 e. The molecule has 2 aromatic rings. The van der Waals surface area contributed by atoms with Gasteiger partial charge in [0.1, 0.15) is 5.75 Å². The van der Waals surface area contributed by atoms with Crippen molar-refractivity contribution in [1.29, 1.82) is 0 Å². The molecule has 0 aromatic heterocycles. The first kappa shape index (κ1) is 24.0. The summed E-state index contributed by atoms with van der Waals surface area (Å²) in [5.74, 6) is 5.85. The van der Waals surface area contributed by atoms with E-state index in [1.807, 2.05) is 0 Å². The topological polar surface area (TPSA) is 44.8 Å². The zero-order valence-corrected chi connectivity index (χ0v) is 18.8. The standard InChI is InChI=1S/C27H27F3O4/c28-27(29,30)34-23-14-13-21(25(31)32-22-11-3-1-4-12-22)19-24(23)33-26(16-7-2-8-17-26)18-15-20-9-5-6-10-20/h1,3-4,11-14,19-20H,2,5-10,16-17H2. The highest BCUT2D eigenvalue weighted by Gasteiger charge is 2.37. The Balaban J connectivity index is 1.64. The van der Waals surface area contributed by atoms with Crippen LogP contribution in [-0.4, -0.2) is 17.9 Å². The number of carbonyl (C=O) groups is 1. The van der Waals surface area contributed by atoms with E-state index in [1.165, 1.54) is 12.1 Å². The van der Waals surface area contributed by atoms with E-state index < -0.39 is 23.7 Å². The zero-order chi connectivity index (χ0) is 24.0. The van der Waals surface area contributed by atoms with Gasteiger partial charge in [-0.15, -0.1) is 13.2 Å². The largest absolute Gasteiger partial charge is 0.573 e. The molecule has 0 amide bonds. The number of carbonyl (C=O) groups excluding carboxylic acids is 1. The number of hydrogen-bond acceptors (Lipinski definition) is 4. The van der Waals surface area contributed by atoms with Crippen molar-refractivity contribution in [3.05, 3.63) is 54.1 Å². The van der Waals surface area contributed by atoms with E-state index in [9.17, 15) is 18.0 Å². The van der Waals surface area contributed by atoms with Crippen molar-refractivity contribution < 1.29 is 32.2 Å². The number of hydrogen-bond donors (Lipinski definition) is 0. The summed E-state index contributed by atoms with van der Waals surface area (Å²) >= 11 is 0. The summed E-state index contributed by atoms with van der Waals surface area (Å²) in [6.45, 7) is 0. The van der Waals surface area contributed by atoms with Gasteiger partial charge in [0, 0.05) is 5.92 Å². The number of ether oxygens (including phenoxy) is 3. The highest BCUT2D eigenvalue weighted by Crippen LogP contribution is 2.40. The van der Waals surface area contributed by atoms with Crippen LogP contribution in [0.25, 0.3) is 0 Å². The molecule has 2 fully saturated rings. The Hall–Kier alpha value is -3.14. The first-order chi connectivity index (χ1) is 16.3. The Morgan fingerprint density at radius 3 is 2.29 bits per heavy atom. The Morgan fingerprint density at radius 2 is 1.62 bits per heavy atom. The van der Waals surface area contributed by atoms with E-state index in [1.54, 1.807) is 30.3 Å². The molecule has 0 radical (unpaired) electrons. The minimum Gasteiger partial charge on any atom is -0.471 e. The lowest BCUT2D eigenvalue weighted by molar-refractivity contribution is -0.275. The molecule has 0 saturated heterocycles. The minimum absolute atomic E-state index is 0.0584. The summed E-state index contributed by atoms with van der Waals surface area (Å²) in [7, 11) is 0. The maximum Gasteiger partial charge on any atom is 0.573 e. The average molecular weight is 473 g/mol. The van der Waals surface area contributed by atoms with Gasteiger partial charge in [-0.3, -0.25) is 0 Å². The van der Waals surface area contributed by atoms with Crippen LogP contribution in [0.3, 0.4) is 0 Å². The number of alkyl halides is 3. The molecule has 0 aliphatic heterocycles. The van der Waals surface area contributed by atoms with Crippen LogP contribution in [0.2, 0.25) is 0 Å². The van der Waals surface area contributed by atoms with Crippen LogP contribution in [0.15, 0.2) is 48.5 Å². The molecule has 7 heteroatoms. The Labute approximate surface area is 197 Å². The maximum absolute atomic E-state index is 13.1. The van der Waals surface area contributed by atoms with Crippen LogP contribution in [0.4, 0.5) is 13.2 Å². The Kier molecular flexibility index (Phi) is 7.35. The Morgan fingerprint density at radius 1 is 0.912 bits per heavy atom. The van der Waals surface area contributed by atoms with Gasteiger partial charge in [-0.05, 0) is 68.9 Å². The van der Waals surface area contributed by atoms with E-state index >= 15 is 0 Å². The first-order valence-corrected chi connectivity index (χ1v) is 11.7. The molecule has 0 N–H and O–H groups in total. The second-order valence-electron chi connectivity index (χ2n) is 8.82. The molecule has 2 saturated carbocycles. The summed E-state index contributed by atoms with van der Waals surface area (Å²) in [4.78, 5) is 12.7. The number of halogens is 3. The second-order valence-corrected chi connectivity index (χ2v) is 8.82. The lowest BCUT2D eigenvalue weighted by atomic mass is 9.84. The van der Waals surface area contributed by atoms with Crippen LogP contribution in [0.5, 0.6) is 17.2 Å². The van der Waals surface area contributed by atoms with Gasteiger partial charge in [-0.25, -0.2) is 4.79 Å². The van der Waals surface area contributed by atoms with Gasteiger partial charge in [-0.1, -0.05) is 49.3 Å². The minimum atomic E-state index is -4.90. The molecule has 4 nitrogen and oxygen atoms in total. The molecule has 0 atom stereocenters. The van der Waals surface area contributed by atoms with E-state index in [-0.39, 0.29) is 11.3 Å². The molecule has 2 aromatic carbocycles. The normalized spacial score (nSPS) is 18.0. The van der Waals surface area contributed by atoms with Crippen molar-refractivity contribution in [2.45, 2.75) is 69.8 Å². The quantitative estimate of drug-likeness (QED) is 0.265. The predicted molar refractivity (Wildman–Crippen MR) is 121 cm³/mol. The monoisotopic (exact) mass is 472 g/mol. The van der Waals surface area contributed by atoms with Crippen LogP contribution in [0.1, 0.15) is 68.1 Å². The fourth-order valence-corrected chi connectivity index (χ4v) is 4.47. The van der Waals surface area contributed by atoms with Gasteiger partial charge in [0.2, 0.25) is 0 Å². The van der Waals surface area contributed by atoms with Crippen LogP contribution in [0, 0.1) is 17.8 Å². The van der Waals surface area contributed by atoms with Gasteiger partial charge in [0.05, 0.1) is 5.56 Å². The highest BCUT2D eigenvalue weighted by atomic mass is 19.4. The van der Waals surface area contributed by atoms with Gasteiger partial charge in [0.15, 0.2) is 17.1 Å². The fourth-order valence-electron chi connectivity index (χ4n) is 4.47. The molecule has 0 heterocycles. The lowest BCUT2D eigenvalue weighted by Gasteiger charge is -2.34. The molecular weight excluding hydrogens is 445 g/mol. The third-order valence-electron chi connectivity index (χ3n) is 6.18. The maximum atomic E-state index is 13.1. The van der Waals surface area contributed by atoms with Crippen molar-refractivity contribution in [1.82, 2.24) is 0 Å². The molecule has 0 bridgehead atoms. The van der Waals surface area contributed by atoms with Crippen molar-refractivity contribution in [2.24, 2.45) is 5.92 Å². The van der Waals surface area contributed by atoms with Gasteiger partial charge < -0.3 is 14.2 Å². The summed E-state index contributed by atoms with van der Waals surface area (Å²) in [5, 5.41) is 0. The molecule has 0 unspecified atom stereocenters. The molecule has 34 heavy (non-hydrogen) atoms. The third-order valence-corrected chi connectivity index (χ3v) is 6.18. The molecule has 2 aliphatic rings. The van der Waals surface area contributed by atoms with Gasteiger partial charge in [0.25, 0.3) is 0 Å². The summed E-state index contributed by atoms with van der Waals surface area (Å²) in [6.07, 6.45) is 3.41. The van der Waals surface area contributed by atoms with Crippen molar-refractivity contribution in [3.8, 4) is 29.1 Å². The molecule has 4 rings (SSSR count). The SMILES string of the molecule is O=C(Oc1ccccc1)c1ccc(OC(F)(F)F)c(OC2(C#CC3CCCC3)CCCCC2)c1. The zero-order valence-electron chi connectivity index (χ0n) is 18.8. The molecular formula is C27H27F3O4. The first-order valence-electron chi connectivity index (χ1n) is 11.7. The van der Waals surface area contributed by atoms with E-state index in [2.05, 4.69) is 16.6 Å². The van der Waals surface area contributed by atoms with Crippen LogP contribution >= 0.6 is 0 Å². The van der Waals surface area contributed by atoms with Crippen LogP contribution in [-0.2, 0) is 0 Å². The summed E-state index contributed by atoms with van der Waals surface area (Å²) in [6, 6.07) is 12.0. The fraction of sp³-hybridized carbons (Fsp3) is 0.444. The molecule has 180 valence electrons. The van der Waals surface area contributed by atoms with E-state index in [0.29, 0.717) is 24.5 Å². The molecule has 2 aliphatic carbocycles. The van der Waals surface area contributed by atoms with Crippen LogP contribution < -0.4 is 14.2 Å². The van der Waals surface area contributed by atoms with Crippen molar-refractivity contribution in [3.63, 3.8) is 0 Å². The number of esters is 1. The van der Waals surface area contributed by atoms with Crippen molar-refractivity contribution >= 4 is 5.97 Å². The molecule has 0 spiro atoms. The van der Waals surface area contributed by atoms with Crippen molar-refractivity contribution in [2.75, 3.05) is 0 Å². The second kappa shape index (κ2) is 10.4. The lowest BCUT2D eigenvalue weighted by Crippen LogP contribution is -2.37. The Bertz CT molecular complexity index is 1040. The van der Waals surface area contributed by atoms with E-state index in [4.69, 9.17) is 9.47 Å². The van der Waals surface area contributed by atoms with Gasteiger partial charge in [-0.2, -0.15) is 0 Å². The highest BCUT2D eigenvalue weighted by molar-refractivity contribution is 5.91. The average Bonchev–Trinajstić information content (AvgIpc) is 3.33. The number of rotatable bonds is 5. The third kappa shape index (κ3) is 6.47. The van der Waals surface area contributed by atoms with Gasteiger partial charge >= 0.3 is 12.3 Å². The number of benzene rings is 2. The summed E-state index contributed by atoms with van der Waals surface area (Å²) < 4.78 is 55.1. The summed E-state index contributed by atoms with van der Waals surface area (Å²) in [5.41, 5.74) is -0.852.